The molecule has 1 aliphatic carbocycles. The third kappa shape index (κ3) is 3.35. The van der Waals surface area contributed by atoms with E-state index in [1.54, 1.807) is 19.2 Å². The first kappa shape index (κ1) is 14.5. The lowest BCUT2D eigenvalue weighted by atomic mass is 9.76. The van der Waals surface area contributed by atoms with E-state index in [9.17, 15) is 14.9 Å². The SMILES string of the molecule is COc1cccc([C@H](C[N+](=O)[O-])[C@@H]2CCCCC2=O)c1. The molecular weight excluding hydrogens is 258 g/mol. The zero-order chi connectivity index (χ0) is 14.5. The molecule has 0 amide bonds. The number of benzene rings is 1. The Morgan fingerprint density at radius 3 is 2.90 bits per heavy atom. The van der Waals surface area contributed by atoms with Gasteiger partial charge in [-0.2, -0.15) is 0 Å². The van der Waals surface area contributed by atoms with Crippen molar-refractivity contribution in [2.24, 2.45) is 5.92 Å². The van der Waals surface area contributed by atoms with Gasteiger partial charge in [-0.25, -0.2) is 0 Å². The Hall–Kier alpha value is -1.91. The van der Waals surface area contributed by atoms with Gasteiger partial charge in [0, 0.05) is 17.3 Å². The van der Waals surface area contributed by atoms with Crippen molar-refractivity contribution in [2.75, 3.05) is 13.7 Å². The quantitative estimate of drug-likeness (QED) is 0.613. The second-order valence-electron chi connectivity index (χ2n) is 5.22. The minimum Gasteiger partial charge on any atom is -0.497 e. The van der Waals surface area contributed by atoms with Crippen LogP contribution in [0.1, 0.15) is 37.2 Å². The summed E-state index contributed by atoms with van der Waals surface area (Å²) in [4.78, 5) is 22.7. The van der Waals surface area contributed by atoms with Gasteiger partial charge in [0.15, 0.2) is 0 Å². The molecule has 2 rings (SSSR count). The zero-order valence-corrected chi connectivity index (χ0v) is 11.6. The predicted octanol–water partition coefficient (Wildman–Crippen LogP) is 2.81. The standard InChI is InChI=1S/C15H19NO4/c1-20-12-6-4-5-11(9-12)14(10-16(18)19)13-7-2-3-8-15(13)17/h4-6,9,13-14H,2-3,7-8,10H2,1H3/t13-,14-/m0/s1. The molecule has 1 aromatic rings. The smallest absolute Gasteiger partial charge is 0.211 e. The van der Waals surface area contributed by atoms with Crippen molar-refractivity contribution in [3.8, 4) is 5.75 Å². The van der Waals surface area contributed by atoms with Crippen LogP contribution in [-0.4, -0.2) is 24.4 Å². The van der Waals surface area contributed by atoms with Crippen LogP contribution >= 0.6 is 0 Å². The highest BCUT2D eigenvalue weighted by atomic mass is 16.6. The molecule has 2 atom stereocenters. The van der Waals surface area contributed by atoms with E-state index < -0.39 is 0 Å². The van der Waals surface area contributed by atoms with Crippen LogP contribution in [-0.2, 0) is 4.79 Å². The molecule has 0 aromatic heterocycles. The van der Waals surface area contributed by atoms with E-state index in [0.717, 1.165) is 24.8 Å². The van der Waals surface area contributed by atoms with Crippen molar-refractivity contribution in [3.63, 3.8) is 0 Å². The molecule has 0 heterocycles. The maximum absolute atomic E-state index is 12.1. The predicted molar refractivity (Wildman–Crippen MR) is 74.6 cm³/mol. The molecular formula is C15H19NO4. The van der Waals surface area contributed by atoms with Gasteiger partial charge >= 0.3 is 0 Å². The molecule has 0 radical (unpaired) electrons. The molecule has 1 aromatic carbocycles. The number of nitro groups is 1. The number of ether oxygens (including phenoxy) is 1. The van der Waals surface area contributed by atoms with Gasteiger partial charge in [-0.05, 0) is 30.5 Å². The molecule has 20 heavy (non-hydrogen) atoms. The Morgan fingerprint density at radius 2 is 2.25 bits per heavy atom. The molecule has 0 unspecified atom stereocenters. The summed E-state index contributed by atoms with van der Waals surface area (Å²) in [5.41, 5.74) is 0.821. The molecule has 5 heteroatoms. The number of methoxy groups -OCH3 is 1. The van der Waals surface area contributed by atoms with Gasteiger partial charge in [-0.1, -0.05) is 18.6 Å². The van der Waals surface area contributed by atoms with E-state index in [-0.39, 0.29) is 29.1 Å². The molecule has 0 spiro atoms. The van der Waals surface area contributed by atoms with Gasteiger partial charge in [0.05, 0.1) is 13.0 Å². The fourth-order valence-electron chi connectivity index (χ4n) is 2.93. The summed E-state index contributed by atoms with van der Waals surface area (Å²) in [6, 6.07) is 7.26. The highest BCUT2D eigenvalue weighted by Crippen LogP contribution is 2.35. The van der Waals surface area contributed by atoms with Gasteiger partial charge in [0.1, 0.15) is 11.5 Å². The molecule has 1 aliphatic rings. The van der Waals surface area contributed by atoms with E-state index >= 15 is 0 Å². The van der Waals surface area contributed by atoms with Crippen molar-refractivity contribution in [3.05, 3.63) is 39.9 Å². The van der Waals surface area contributed by atoms with Crippen LogP contribution in [0, 0.1) is 16.0 Å². The summed E-state index contributed by atoms with van der Waals surface area (Å²) in [5, 5.41) is 10.9. The van der Waals surface area contributed by atoms with Crippen molar-refractivity contribution < 1.29 is 14.5 Å². The van der Waals surface area contributed by atoms with Crippen LogP contribution in [0.15, 0.2) is 24.3 Å². The van der Waals surface area contributed by atoms with E-state index in [2.05, 4.69) is 0 Å². The van der Waals surface area contributed by atoms with E-state index in [4.69, 9.17) is 4.74 Å². The minimum atomic E-state index is -0.354. The van der Waals surface area contributed by atoms with Gasteiger partial charge in [-0.15, -0.1) is 0 Å². The Morgan fingerprint density at radius 1 is 1.45 bits per heavy atom. The normalized spacial score (nSPS) is 20.4. The molecule has 0 saturated heterocycles. The van der Waals surface area contributed by atoms with Crippen LogP contribution in [0.3, 0.4) is 0 Å². The lowest BCUT2D eigenvalue weighted by Crippen LogP contribution is -2.30. The molecule has 108 valence electrons. The highest BCUT2D eigenvalue weighted by molar-refractivity contribution is 5.82. The summed E-state index contributed by atoms with van der Waals surface area (Å²) < 4.78 is 5.17. The molecule has 1 saturated carbocycles. The monoisotopic (exact) mass is 277 g/mol. The first-order valence-electron chi connectivity index (χ1n) is 6.90. The molecule has 0 N–H and O–H groups in total. The highest BCUT2D eigenvalue weighted by Gasteiger charge is 2.34. The van der Waals surface area contributed by atoms with E-state index in [0.29, 0.717) is 12.2 Å². The van der Waals surface area contributed by atoms with Gasteiger partial charge < -0.3 is 4.74 Å². The number of rotatable bonds is 5. The largest absolute Gasteiger partial charge is 0.497 e. The topological polar surface area (TPSA) is 69.4 Å². The number of hydrogen-bond donors (Lipinski definition) is 0. The average molecular weight is 277 g/mol. The number of hydrogen-bond acceptors (Lipinski definition) is 4. The van der Waals surface area contributed by atoms with Crippen LogP contribution < -0.4 is 4.74 Å². The fourth-order valence-corrected chi connectivity index (χ4v) is 2.93. The van der Waals surface area contributed by atoms with Crippen LogP contribution in [0.4, 0.5) is 0 Å². The molecule has 0 bridgehead atoms. The maximum Gasteiger partial charge on any atom is 0.211 e. The lowest BCUT2D eigenvalue weighted by Gasteiger charge is -2.27. The number of nitrogens with zero attached hydrogens (tertiary/aromatic N) is 1. The summed E-state index contributed by atoms with van der Waals surface area (Å²) in [5.74, 6) is 0.235. The first-order chi connectivity index (χ1) is 9.61. The summed E-state index contributed by atoms with van der Waals surface area (Å²) >= 11 is 0. The fraction of sp³-hybridized carbons (Fsp3) is 0.533. The van der Waals surface area contributed by atoms with Crippen molar-refractivity contribution >= 4 is 5.78 Å². The zero-order valence-electron chi connectivity index (χ0n) is 11.6. The lowest BCUT2D eigenvalue weighted by molar-refractivity contribution is -0.484. The number of carbonyl (C=O) groups is 1. The summed E-state index contributed by atoms with van der Waals surface area (Å²) in [6.45, 7) is -0.205. The van der Waals surface area contributed by atoms with Gasteiger partial charge in [0.25, 0.3) is 0 Å². The van der Waals surface area contributed by atoms with Crippen molar-refractivity contribution in [1.29, 1.82) is 0 Å². The third-order valence-electron chi connectivity index (χ3n) is 3.96. The van der Waals surface area contributed by atoms with Crippen LogP contribution in [0.25, 0.3) is 0 Å². The summed E-state index contributed by atoms with van der Waals surface area (Å²) in [6.07, 6.45) is 3.16. The van der Waals surface area contributed by atoms with Crippen LogP contribution in [0.5, 0.6) is 5.75 Å². The van der Waals surface area contributed by atoms with E-state index in [1.165, 1.54) is 0 Å². The van der Waals surface area contributed by atoms with Crippen molar-refractivity contribution in [2.45, 2.75) is 31.6 Å². The third-order valence-corrected chi connectivity index (χ3v) is 3.96. The minimum absolute atomic E-state index is 0.158. The Kier molecular flexibility index (Phi) is 4.71. The number of carbonyl (C=O) groups excluding carboxylic acids is 1. The molecule has 5 nitrogen and oxygen atoms in total. The Bertz CT molecular complexity index is 500. The molecule has 0 aliphatic heterocycles. The summed E-state index contributed by atoms with van der Waals surface area (Å²) in [7, 11) is 1.56. The average Bonchev–Trinajstić information content (AvgIpc) is 2.45. The number of Topliss-reactive ketones (excluding diaryl/α,β-unsaturated/α-hetero) is 1. The second-order valence-corrected chi connectivity index (χ2v) is 5.22. The number of ketones is 1. The van der Waals surface area contributed by atoms with Gasteiger partial charge in [-0.3, -0.25) is 14.9 Å². The maximum atomic E-state index is 12.1. The Labute approximate surface area is 118 Å². The Balaban J connectivity index is 2.30. The van der Waals surface area contributed by atoms with Gasteiger partial charge in [0.2, 0.25) is 6.54 Å². The van der Waals surface area contributed by atoms with Crippen molar-refractivity contribution in [1.82, 2.24) is 0 Å². The molecule has 1 fully saturated rings. The first-order valence-corrected chi connectivity index (χ1v) is 6.90. The van der Waals surface area contributed by atoms with Crippen LogP contribution in [0.2, 0.25) is 0 Å². The second kappa shape index (κ2) is 6.50. The van der Waals surface area contributed by atoms with E-state index in [1.807, 2.05) is 12.1 Å².